The maximum atomic E-state index is 6.66. The minimum Gasteiger partial charge on any atom is -0.455 e. The van der Waals surface area contributed by atoms with E-state index in [1.165, 1.54) is 0 Å². The van der Waals surface area contributed by atoms with Gasteiger partial charge in [-0.1, -0.05) is 48.5 Å². The van der Waals surface area contributed by atoms with E-state index in [1.807, 2.05) is 49.1 Å². The summed E-state index contributed by atoms with van der Waals surface area (Å²) in [7, 11) is 0. The summed E-state index contributed by atoms with van der Waals surface area (Å²) in [5, 5.41) is 2.14. The van der Waals surface area contributed by atoms with Crippen LogP contribution in [0.1, 0.15) is 0 Å². The highest BCUT2D eigenvalue weighted by atomic mass is 16.3. The van der Waals surface area contributed by atoms with E-state index in [0.717, 1.165) is 88.7 Å². The molecule has 0 saturated heterocycles. The van der Waals surface area contributed by atoms with Crippen molar-refractivity contribution in [2.75, 3.05) is 0 Å². The first kappa shape index (κ1) is 28.5. The van der Waals surface area contributed by atoms with Gasteiger partial charge in [0.15, 0.2) is 0 Å². The van der Waals surface area contributed by atoms with Gasteiger partial charge >= 0.3 is 0 Å². The highest BCUT2D eigenvalue weighted by Crippen LogP contribution is 2.41. The van der Waals surface area contributed by atoms with Crippen molar-refractivity contribution in [3.8, 4) is 66.8 Å². The van der Waals surface area contributed by atoms with E-state index in [9.17, 15) is 0 Å². The van der Waals surface area contributed by atoms with E-state index in [-0.39, 0.29) is 0 Å². The average Bonchev–Trinajstić information content (AvgIpc) is 3.57. The van der Waals surface area contributed by atoms with Crippen molar-refractivity contribution < 1.29 is 4.42 Å². The molecule has 0 aliphatic carbocycles. The fraction of sp³-hybridized carbons (Fsp3) is 0. The van der Waals surface area contributed by atoms with Crippen LogP contribution in [-0.2, 0) is 0 Å². The van der Waals surface area contributed by atoms with E-state index in [4.69, 9.17) is 4.42 Å². The Labute approximate surface area is 283 Å². The average molecular weight is 629 g/mol. The van der Waals surface area contributed by atoms with Gasteiger partial charge in [0.25, 0.3) is 0 Å². The van der Waals surface area contributed by atoms with Crippen LogP contribution in [0, 0.1) is 0 Å². The molecule has 0 radical (unpaired) electrons. The number of furan rings is 1. The molecule has 0 unspecified atom stereocenters. The highest BCUT2D eigenvalue weighted by molar-refractivity contribution is 6.11. The van der Waals surface area contributed by atoms with Crippen LogP contribution in [0.3, 0.4) is 0 Å². The zero-order chi connectivity index (χ0) is 32.6. The smallest absolute Gasteiger partial charge is 0.143 e. The largest absolute Gasteiger partial charge is 0.455 e. The van der Waals surface area contributed by atoms with Crippen LogP contribution in [0.4, 0.5) is 0 Å². The Hall–Kier alpha value is -6.72. The Balaban J connectivity index is 1.20. The second-order valence-corrected chi connectivity index (χ2v) is 12.1. The molecule has 0 atom stereocenters. The number of rotatable bonds is 6. The third-order valence-electron chi connectivity index (χ3n) is 8.99. The Morgan fingerprint density at radius 1 is 0.327 bits per heavy atom. The van der Waals surface area contributed by atoms with Gasteiger partial charge in [0.1, 0.15) is 11.2 Å². The lowest BCUT2D eigenvalue weighted by atomic mass is 9.93. The first-order chi connectivity index (χ1) is 24.3. The summed E-state index contributed by atoms with van der Waals surface area (Å²) >= 11 is 0. The lowest BCUT2D eigenvalue weighted by Crippen LogP contribution is -1.87. The molecule has 0 bridgehead atoms. The molecule has 0 spiro atoms. The molecule has 9 aromatic rings. The third kappa shape index (κ3) is 5.43. The Morgan fingerprint density at radius 2 is 0.776 bits per heavy atom. The Kier molecular flexibility index (Phi) is 7.06. The summed E-state index contributed by atoms with van der Waals surface area (Å²) in [4.78, 5) is 17.5. The second kappa shape index (κ2) is 12.1. The number of aromatic nitrogens is 4. The summed E-state index contributed by atoms with van der Waals surface area (Å²) in [6.45, 7) is 0. The molecule has 0 N–H and O–H groups in total. The van der Waals surface area contributed by atoms with Crippen molar-refractivity contribution in [3.05, 3.63) is 171 Å². The van der Waals surface area contributed by atoms with Crippen molar-refractivity contribution in [3.63, 3.8) is 0 Å². The maximum Gasteiger partial charge on any atom is 0.143 e. The van der Waals surface area contributed by atoms with Crippen molar-refractivity contribution in [2.24, 2.45) is 0 Å². The van der Waals surface area contributed by atoms with Gasteiger partial charge in [0, 0.05) is 88.2 Å². The zero-order valence-corrected chi connectivity index (χ0v) is 26.4. The van der Waals surface area contributed by atoms with Crippen LogP contribution >= 0.6 is 0 Å². The molecule has 5 heterocycles. The number of hydrogen-bond acceptors (Lipinski definition) is 5. The molecule has 4 aromatic carbocycles. The van der Waals surface area contributed by atoms with Gasteiger partial charge in [-0.15, -0.1) is 0 Å². The first-order valence-corrected chi connectivity index (χ1v) is 16.1. The standard InChI is InChI=1S/C44H28N4O/c1-10-40(39-22-37(32-8-4-16-47-27-32)21-38(23-39)33-9-5-17-48-28-33)44-41(11-1)42-24-29(12-13-43(42)49-44)34-18-35(30-6-2-14-45-25-30)20-36(19-34)31-7-3-15-46-26-31/h1-28H. The minimum atomic E-state index is 0.845. The highest BCUT2D eigenvalue weighted by Gasteiger charge is 2.16. The molecule has 0 amide bonds. The number of hydrogen-bond donors (Lipinski definition) is 0. The van der Waals surface area contributed by atoms with E-state index in [2.05, 4.69) is 117 Å². The van der Waals surface area contributed by atoms with Gasteiger partial charge in [0.2, 0.25) is 0 Å². The lowest BCUT2D eigenvalue weighted by Gasteiger charge is -2.11. The van der Waals surface area contributed by atoms with Gasteiger partial charge in [-0.2, -0.15) is 0 Å². The summed E-state index contributed by atoms with van der Waals surface area (Å²) in [6.07, 6.45) is 14.8. The minimum absolute atomic E-state index is 0.845. The van der Waals surface area contributed by atoms with Crippen LogP contribution in [0.2, 0.25) is 0 Å². The molecule has 5 heteroatoms. The maximum absolute atomic E-state index is 6.66. The van der Waals surface area contributed by atoms with Crippen LogP contribution in [0.15, 0.2) is 175 Å². The molecule has 5 nitrogen and oxygen atoms in total. The van der Waals surface area contributed by atoms with Gasteiger partial charge in [-0.05, 0) is 112 Å². The normalized spacial score (nSPS) is 11.3. The van der Waals surface area contributed by atoms with Crippen LogP contribution < -0.4 is 0 Å². The lowest BCUT2D eigenvalue weighted by molar-refractivity contribution is 0.670. The van der Waals surface area contributed by atoms with E-state index >= 15 is 0 Å². The molecule has 0 aliphatic heterocycles. The third-order valence-corrected chi connectivity index (χ3v) is 8.99. The molecule has 49 heavy (non-hydrogen) atoms. The summed E-state index contributed by atoms with van der Waals surface area (Å²) in [6, 6.07) is 42.4. The van der Waals surface area contributed by atoms with Gasteiger partial charge in [-0.25, -0.2) is 0 Å². The second-order valence-electron chi connectivity index (χ2n) is 12.1. The Bertz CT molecular complexity index is 2470. The number of pyridine rings is 4. The molecule has 0 aliphatic rings. The zero-order valence-electron chi connectivity index (χ0n) is 26.4. The molecular weight excluding hydrogens is 601 g/mol. The molecule has 0 saturated carbocycles. The predicted molar refractivity (Wildman–Crippen MR) is 198 cm³/mol. The molecule has 0 fully saturated rings. The van der Waals surface area contributed by atoms with E-state index < -0.39 is 0 Å². The van der Waals surface area contributed by atoms with Crippen LogP contribution in [-0.4, -0.2) is 19.9 Å². The van der Waals surface area contributed by atoms with Gasteiger partial charge < -0.3 is 4.42 Å². The number of nitrogens with zero attached hydrogens (tertiary/aromatic N) is 4. The van der Waals surface area contributed by atoms with Gasteiger partial charge in [0.05, 0.1) is 0 Å². The quantitative estimate of drug-likeness (QED) is 0.183. The fourth-order valence-electron chi connectivity index (χ4n) is 6.58. The molecule has 9 rings (SSSR count). The predicted octanol–water partition coefficient (Wildman–Crippen LogP) is 11.2. The first-order valence-electron chi connectivity index (χ1n) is 16.1. The number of fused-ring (bicyclic) bond motifs is 3. The van der Waals surface area contributed by atoms with E-state index in [0.29, 0.717) is 0 Å². The van der Waals surface area contributed by atoms with Gasteiger partial charge in [-0.3, -0.25) is 19.9 Å². The van der Waals surface area contributed by atoms with Crippen LogP contribution in [0.5, 0.6) is 0 Å². The SMILES string of the molecule is c1cncc(-c2cc(-c3cccnc3)cc(-c3ccc4oc5c(-c6cc(-c7cccnc7)cc(-c7cccnc7)c6)cccc5c4c3)c2)c1. The van der Waals surface area contributed by atoms with Crippen molar-refractivity contribution in [1.82, 2.24) is 19.9 Å². The number of benzene rings is 4. The van der Waals surface area contributed by atoms with Crippen molar-refractivity contribution in [2.45, 2.75) is 0 Å². The molecule has 5 aromatic heterocycles. The van der Waals surface area contributed by atoms with E-state index in [1.54, 1.807) is 24.8 Å². The van der Waals surface area contributed by atoms with Crippen LogP contribution in [0.25, 0.3) is 88.7 Å². The molecule has 230 valence electrons. The summed E-state index contributed by atoms with van der Waals surface area (Å²) < 4.78 is 6.66. The number of para-hydroxylation sites is 1. The van der Waals surface area contributed by atoms with Crippen molar-refractivity contribution >= 4 is 21.9 Å². The fourth-order valence-corrected chi connectivity index (χ4v) is 6.58. The monoisotopic (exact) mass is 628 g/mol. The Morgan fingerprint density at radius 3 is 1.22 bits per heavy atom. The topological polar surface area (TPSA) is 64.7 Å². The molecular formula is C44H28N4O. The summed E-state index contributed by atoms with van der Waals surface area (Å²) in [5.41, 5.74) is 14.6. The summed E-state index contributed by atoms with van der Waals surface area (Å²) in [5.74, 6) is 0. The van der Waals surface area contributed by atoms with Crippen molar-refractivity contribution in [1.29, 1.82) is 0 Å².